The van der Waals surface area contributed by atoms with Crippen molar-refractivity contribution in [1.82, 2.24) is 4.98 Å². The van der Waals surface area contributed by atoms with Gasteiger partial charge in [0.2, 0.25) is 5.75 Å². The molecule has 2 aromatic carbocycles. The van der Waals surface area contributed by atoms with Crippen molar-refractivity contribution in [3.05, 3.63) is 58.8 Å². The highest BCUT2D eigenvalue weighted by Crippen LogP contribution is 2.41. The van der Waals surface area contributed by atoms with Crippen molar-refractivity contribution in [2.24, 2.45) is 0 Å². The molecule has 4 rings (SSSR count). The smallest absolute Gasteiger partial charge is 0.338 e. The average molecular weight is 405 g/mol. The van der Waals surface area contributed by atoms with Gasteiger partial charge in [0.1, 0.15) is 0 Å². The van der Waals surface area contributed by atoms with Gasteiger partial charge in [-0.15, -0.1) is 0 Å². The van der Waals surface area contributed by atoms with Crippen molar-refractivity contribution in [2.75, 3.05) is 28.4 Å². The summed E-state index contributed by atoms with van der Waals surface area (Å²) in [7, 11) is 6.17. The fourth-order valence-electron chi connectivity index (χ4n) is 4.00. The van der Waals surface area contributed by atoms with E-state index in [1.165, 1.54) is 7.11 Å². The summed E-state index contributed by atoms with van der Waals surface area (Å²) in [6.07, 6.45) is 3.56. The van der Waals surface area contributed by atoms with Crippen LogP contribution in [-0.4, -0.2) is 39.4 Å². The summed E-state index contributed by atoms with van der Waals surface area (Å²) in [5, 5.41) is 0.817. The van der Waals surface area contributed by atoms with Crippen LogP contribution in [0.4, 0.5) is 0 Å². The quantitative estimate of drug-likeness (QED) is 0.581. The maximum atomic E-state index is 12.6. The van der Waals surface area contributed by atoms with Gasteiger partial charge in [-0.2, -0.15) is 0 Å². The average Bonchev–Trinajstić information content (AvgIpc) is 3.18. The molecule has 0 saturated heterocycles. The minimum absolute atomic E-state index is 0.334. The molecule has 154 valence electrons. The van der Waals surface area contributed by atoms with E-state index in [4.69, 9.17) is 23.9 Å². The van der Waals surface area contributed by atoms with Crippen molar-refractivity contribution in [3.63, 3.8) is 0 Å². The molecule has 0 aliphatic heterocycles. The number of hydrogen-bond acceptors (Lipinski definition) is 6. The van der Waals surface area contributed by atoms with E-state index in [-0.39, 0.29) is 5.97 Å². The highest BCUT2D eigenvalue weighted by Gasteiger charge is 2.27. The molecule has 0 bridgehead atoms. The molecule has 1 heterocycles. The number of rotatable bonds is 5. The number of fused-ring (bicyclic) bond motifs is 2. The van der Waals surface area contributed by atoms with E-state index in [9.17, 15) is 4.79 Å². The van der Waals surface area contributed by atoms with Crippen LogP contribution in [0.3, 0.4) is 0 Å². The molecule has 0 saturated carbocycles. The standard InChI is InChI=1S/C24H23NO5/c1-27-19-12-14(13-20(28-2)23(19)29-3)11-15-9-10-17-21(24(26)30-4)16-7-5-6-8-18(16)25-22(15)17/h5-8,11-13H,9-10H2,1-4H3. The SMILES string of the molecule is COC(=O)c1c2c(nc3ccccc13)C(=Cc1cc(OC)c(OC)c(OC)c1)CC2. The molecule has 6 nitrogen and oxygen atoms in total. The molecule has 0 fully saturated rings. The first-order valence-electron chi connectivity index (χ1n) is 9.62. The number of methoxy groups -OCH3 is 4. The molecule has 0 N–H and O–H groups in total. The zero-order chi connectivity index (χ0) is 21.3. The lowest BCUT2D eigenvalue weighted by molar-refractivity contribution is 0.0602. The lowest BCUT2D eigenvalue weighted by Crippen LogP contribution is -2.08. The summed E-state index contributed by atoms with van der Waals surface area (Å²) < 4.78 is 21.4. The van der Waals surface area contributed by atoms with Crippen LogP contribution in [0.1, 0.15) is 33.6 Å². The summed E-state index contributed by atoms with van der Waals surface area (Å²) in [6, 6.07) is 11.4. The Morgan fingerprint density at radius 1 is 0.967 bits per heavy atom. The number of aromatic nitrogens is 1. The Bertz CT molecular complexity index is 1140. The van der Waals surface area contributed by atoms with E-state index in [2.05, 4.69) is 6.08 Å². The van der Waals surface area contributed by atoms with Gasteiger partial charge in [0.05, 0.1) is 45.2 Å². The topological polar surface area (TPSA) is 66.9 Å². The maximum Gasteiger partial charge on any atom is 0.338 e. The summed E-state index contributed by atoms with van der Waals surface area (Å²) in [5.74, 6) is 1.39. The van der Waals surface area contributed by atoms with Gasteiger partial charge >= 0.3 is 5.97 Å². The van der Waals surface area contributed by atoms with Gasteiger partial charge < -0.3 is 18.9 Å². The first-order chi connectivity index (χ1) is 14.6. The van der Waals surface area contributed by atoms with Crippen LogP contribution in [0.15, 0.2) is 36.4 Å². The van der Waals surface area contributed by atoms with E-state index >= 15 is 0 Å². The van der Waals surface area contributed by atoms with E-state index in [1.807, 2.05) is 36.4 Å². The molecule has 0 unspecified atom stereocenters. The van der Waals surface area contributed by atoms with E-state index in [0.29, 0.717) is 22.8 Å². The number of esters is 1. The Balaban J connectivity index is 1.89. The highest BCUT2D eigenvalue weighted by atomic mass is 16.5. The number of allylic oxidation sites excluding steroid dienone is 1. The highest BCUT2D eigenvalue weighted by molar-refractivity contribution is 6.07. The first-order valence-corrected chi connectivity index (χ1v) is 9.62. The minimum atomic E-state index is -0.334. The fourth-order valence-corrected chi connectivity index (χ4v) is 4.00. The van der Waals surface area contributed by atoms with Crippen molar-refractivity contribution in [3.8, 4) is 17.2 Å². The zero-order valence-electron chi connectivity index (χ0n) is 17.4. The normalized spacial score (nSPS) is 13.9. The summed E-state index contributed by atoms with van der Waals surface area (Å²) in [6.45, 7) is 0. The molecule has 1 aliphatic carbocycles. The number of carbonyl (C=O) groups is 1. The Morgan fingerprint density at radius 3 is 2.30 bits per heavy atom. The van der Waals surface area contributed by atoms with Crippen molar-refractivity contribution in [2.45, 2.75) is 12.8 Å². The Labute approximate surface area is 175 Å². The number of ether oxygens (including phenoxy) is 4. The van der Waals surface area contributed by atoms with Crippen LogP contribution in [0.5, 0.6) is 17.2 Å². The van der Waals surface area contributed by atoms with Gasteiger partial charge in [0, 0.05) is 5.39 Å². The largest absolute Gasteiger partial charge is 0.493 e. The van der Waals surface area contributed by atoms with Crippen LogP contribution in [0, 0.1) is 0 Å². The lowest BCUT2D eigenvalue weighted by atomic mass is 10.0. The predicted molar refractivity (Wildman–Crippen MR) is 115 cm³/mol. The van der Waals surface area contributed by atoms with E-state index in [1.54, 1.807) is 21.3 Å². The first kappa shape index (κ1) is 19.8. The molecule has 3 aromatic rings. The Morgan fingerprint density at radius 2 is 1.67 bits per heavy atom. The zero-order valence-corrected chi connectivity index (χ0v) is 17.4. The third kappa shape index (κ3) is 3.24. The second kappa shape index (κ2) is 8.06. The Hall–Kier alpha value is -3.54. The molecule has 0 spiro atoms. The number of hydrogen-bond donors (Lipinski definition) is 0. The van der Waals surface area contributed by atoms with Gasteiger partial charge in [0.25, 0.3) is 0 Å². The number of benzene rings is 2. The molecule has 0 radical (unpaired) electrons. The lowest BCUT2D eigenvalue weighted by Gasteiger charge is -2.13. The summed E-state index contributed by atoms with van der Waals surface area (Å²) in [4.78, 5) is 17.4. The molecular formula is C24H23NO5. The summed E-state index contributed by atoms with van der Waals surface area (Å²) in [5.41, 5.74) is 5.10. The van der Waals surface area contributed by atoms with Gasteiger partial charge in [-0.3, -0.25) is 0 Å². The van der Waals surface area contributed by atoms with E-state index in [0.717, 1.165) is 46.1 Å². The summed E-state index contributed by atoms with van der Waals surface area (Å²) >= 11 is 0. The third-order valence-corrected chi connectivity index (χ3v) is 5.36. The Kier molecular flexibility index (Phi) is 5.31. The van der Waals surface area contributed by atoms with Crippen molar-refractivity contribution < 1.29 is 23.7 Å². The number of para-hydroxylation sites is 1. The fraction of sp³-hybridized carbons (Fsp3) is 0.250. The van der Waals surface area contributed by atoms with Gasteiger partial charge in [-0.05, 0) is 53.8 Å². The van der Waals surface area contributed by atoms with Crippen molar-refractivity contribution >= 4 is 28.5 Å². The molecule has 6 heteroatoms. The van der Waals surface area contributed by atoms with Gasteiger partial charge in [-0.25, -0.2) is 9.78 Å². The second-order valence-electron chi connectivity index (χ2n) is 6.95. The number of pyridine rings is 1. The van der Waals surface area contributed by atoms with Crippen LogP contribution in [0.25, 0.3) is 22.6 Å². The van der Waals surface area contributed by atoms with E-state index < -0.39 is 0 Å². The molecule has 1 aromatic heterocycles. The number of nitrogens with zero attached hydrogens (tertiary/aromatic N) is 1. The van der Waals surface area contributed by atoms with Crippen LogP contribution < -0.4 is 14.2 Å². The molecule has 0 atom stereocenters. The third-order valence-electron chi connectivity index (χ3n) is 5.36. The van der Waals surface area contributed by atoms with Gasteiger partial charge in [-0.1, -0.05) is 18.2 Å². The monoisotopic (exact) mass is 405 g/mol. The maximum absolute atomic E-state index is 12.6. The van der Waals surface area contributed by atoms with Crippen LogP contribution in [-0.2, 0) is 11.2 Å². The molecule has 1 aliphatic rings. The number of carbonyl (C=O) groups excluding carboxylic acids is 1. The van der Waals surface area contributed by atoms with Crippen LogP contribution >= 0.6 is 0 Å². The molecule has 0 amide bonds. The van der Waals surface area contributed by atoms with Crippen LogP contribution in [0.2, 0.25) is 0 Å². The second-order valence-corrected chi connectivity index (χ2v) is 6.95. The molecule has 30 heavy (non-hydrogen) atoms. The van der Waals surface area contributed by atoms with Crippen molar-refractivity contribution in [1.29, 1.82) is 0 Å². The predicted octanol–water partition coefficient (Wildman–Crippen LogP) is 4.53. The minimum Gasteiger partial charge on any atom is -0.493 e. The van der Waals surface area contributed by atoms with Gasteiger partial charge in [0.15, 0.2) is 11.5 Å². The molecular weight excluding hydrogens is 382 g/mol.